The minimum Gasteiger partial charge on any atom is -0.493 e. The first-order valence-electron chi connectivity index (χ1n) is 19.2. The van der Waals surface area contributed by atoms with E-state index in [0.29, 0.717) is 46.4 Å². The van der Waals surface area contributed by atoms with Gasteiger partial charge in [0.05, 0.1) is 28.8 Å². The highest BCUT2D eigenvalue weighted by atomic mass is 32.2. The van der Waals surface area contributed by atoms with Crippen LogP contribution >= 0.6 is 11.3 Å². The molecule has 2 aromatic heterocycles. The van der Waals surface area contributed by atoms with Crippen LogP contribution in [0.15, 0.2) is 54.6 Å². The maximum Gasteiger partial charge on any atom is 0.408 e. The Balaban J connectivity index is 1.51. The predicted octanol–water partition coefficient (Wildman–Crippen LogP) is 5.27. The van der Waals surface area contributed by atoms with Crippen LogP contribution in [0.25, 0.3) is 10.8 Å². The molecule has 4 atom stereocenters. The number of nitrogens with zero attached hydrogens (tertiary/aromatic N) is 2. The molecular weight excluding hydrogens is 787 g/mol. The molecule has 0 radical (unpaired) electrons. The molecule has 4 amide bonds. The Morgan fingerprint density at radius 2 is 1.74 bits per heavy atom. The molecule has 1 aromatic carbocycles. The third-order valence-corrected chi connectivity index (χ3v) is 12.4. The van der Waals surface area contributed by atoms with Gasteiger partial charge >= 0.3 is 6.09 Å². The quantitative estimate of drug-likeness (QED) is 0.133. The zero-order valence-electron chi connectivity index (χ0n) is 34.2. The molecular formula is C41H53N5O10S2. The summed E-state index contributed by atoms with van der Waals surface area (Å²) in [7, 11) is -3.97. The highest BCUT2D eigenvalue weighted by Gasteiger charge is 2.49. The van der Waals surface area contributed by atoms with Gasteiger partial charge in [0.2, 0.25) is 33.5 Å². The van der Waals surface area contributed by atoms with Crippen molar-refractivity contribution in [2.45, 2.75) is 116 Å². The number of nitrogens with one attached hydrogen (secondary N) is 3. The predicted molar refractivity (Wildman–Crippen MR) is 219 cm³/mol. The zero-order chi connectivity index (χ0) is 42.8. The summed E-state index contributed by atoms with van der Waals surface area (Å²) in [6.07, 6.45) is 1.83. The molecule has 0 spiro atoms. The minimum atomic E-state index is -3.97. The van der Waals surface area contributed by atoms with E-state index in [1.54, 1.807) is 71.9 Å². The van der Waals surface area contributed by atoms with Crippen molar-refractivity contribution in [2.75, 3.05) is 13.2 Å². The fourth-order valence-electron chi connectivity index (χ4n) is 6.66. The number of sulfonamides is 1. The average Bonchev–Trinajstić information content (AvgIpc) is 3.69. The van der Waals surface area contributed by atoms with Crippen molar-refractivity contribution in [2.24, 2.45) is 5.41 Å². The Morgan fingerprint density at radius 1 is 1.03 bits per heavy atom. The van der Waals surface area contributed by atoms with Crippen molar-refractivity contribution < 1.29 is 46.6 Å². The van der Waals surface area contributed by atoms with Gasteiger partial charge in [-0.05, 0) is 88.9 Å². The number of aromatic nitrogens is 1. The minimum absolute atomic E-state index is 0.0802. The number of benzene rings is 1. The number of carbonyl (C=O) groups is 5. The highest BCUT2D eigenvalue weighted by molar-refractivity contribution is 7.91. The molecule has 58 heavy (non-hydrogen) atoms. The maximum atomic E-state index is 14.6. The van der Waals surface area contributed by atoms with Gasteiger partial charge in [0.1, 0.15) is 35.1 Å². The summed E-state index contributed by atoms with van der Waals surface area (Å²) < 4.78 is 45.4. The monoisotopic (exact) mass is 839 g/mol. The molecule has 2 aliphatic rings. The molecule has 1 aliphatic heterocycles. The van der Waals surface area contributed by atoms with Crippen molar-refractivity contribution >= 4 is 61.7 Å². The van der Waals surface area contributed by atoms with E-state index in [1.807, 2.05) is 12.3 Å². The number of hydrogen-bond donors (Lipinski definition) is 3. The van der Waals surface area contributed by atoms with Crippen LogP contribution in [0, 0.1) is 5.41 Å². The Morgan fingerprint density at radius 3 is 2.33 bits per heavy atom. The first-order valence-corrected chi connectivity index (χ1v) is 21.6. The smallest absolute Gasteiger partial charge is 0.408 e. The standard InChI is InChI=1S/C41H53N5O10S2/c1-10-19-41(9,37(50)45-58(52,53)25-14-15-25)44-34(48)28-22-24(23-46(28)36(49)33(39(3,4)5)43-38(51)56-40(6,7)8)55-35-27-16-17-29(54-11-2)31(26(27)18-20-42-35)32(47)30-13-12-21-57-30/h10,12-13,16-18,20-21,24-25,28,33H,1,11,14-15,19,22-23H2,2-9H3,(H,43,51)(H,44,48)(H,45,50)/t24-,28+,33-,41-/m1/s1. The van der Waals surface area contributed by atoms with E-state index in [0.717, 1.165) is 0 Å². The zero-order valence-corrected chi connectivity index (χ0v) is 35.8. The highest BCUT2D eigenvalue weighted by Crippen LogP contribution is 2.37. The first kappa shape index (κ1) is 44.1. The van der Waals surface area contributed by atoms with Crippen LogP contribution in [0.3, 0.4) is 0 Å². The number of carbonyl (C=O) groups excluding carboxylic acids is 5. The Kier molecular flexibility index (Phi) is 13.0. The maximum absolute atomic E-state index is 14.6. The van der Waals surface area contributed by atoms with Gasteiger partial charge < -0.3 is 29.7 Å². The normalized spacial score (nSPS) is 18.7. The van der Waals surface area contributed by atoms with Crippen LogP contribution in [0.2, 0.25) is 0 Å². The summed E-state index contributed by atoms with van der Waals surface area (Å²) in [5, 5.41) is 7.52. The van der Waals surface area contributed by atoms with E-state index in [1.165, 1.54) is 35.4 Å². The number of likely N-dealkylation sites (tertiary alicyclic amines) is 1. The molecule has 1 saturated heterocycles. The van der Waals surface area contributed by atoms with E-state index in [9.17, 15) is 32.4 Å². The van der Waals surface area contributed by atoms with E-state index < -0.39 is 73.8 Å². The lowest BCUT2D eigenvalue weighted by molar-refractivity contribution is -0.143. The van der Waals surface area contributed by atoms with Crippen molar-refractivity contribution in [1.82, 2.24) is 25.2 Å². The van der Waals surface area contributed by atoms with Gasteiger partial charge in [-0.1, -0.05) is 32.9 Å². The molecule has 314 valence electrons. The van der Waals surface area contributed by atoms with Crippen LogP contribution in [0.5, 0.6) is 11.6 Å². The fraction of sp³-hybridized carbons (Fsp3) is 0.512. The van der Waals surface area contributed by atoms with Gasteiger partial charge in [0, 0.05) is 23.4 Å². The second-order valence-electron chi connectivity index (χ2n) is 16.8. The molecule has 3 heterocycles. The van der Waals surface area contributed by atoms with Gasteiger partial charge in [-0.2, -0.15) is 0 Å². The molecule has 3 aromatic rings. The second kappa shape index (κ2) is 17.1. The summed E-state index contributed by atoms with van der Waals surface area (Å²) in [5.74, 6) is -2.04. The number of fused-ring (bicyclic) bond motifs is 1. The molecule has 1 saturated carbocycles. The molecule has 2 fully saturated rings. The molecule has 5 rings (SSSR count). The molecule has 17 heteroatoms. The first-order chi connectivity index (χ1) is 27.1. The van der Waals surface area contributed by atoms with Crippen LogP contribution in [-0.4, -0.2) is 95.6 Å². The van der Waals surface area contributed by atoms with E-state index in [2.05, 4.69) is 26.9 Å². The average molecular weight is 840 g/mol. The van der Waals surface area contributed by atoms with Crippen LogP contribution in [0.4, 0.5) is 4.79 Å². The second-order valence-corrected chi connectivity index (χ2v) is 19.7. The number of thiophene rings is 1. The lowest BCUT2D eigenvalue weighted by Gasteiger charge is -2.36. The fourth-order valence-corrected chi connectivity index (χ4v) is 8.74. The number of hydrogen-bond acceptors (Lipinski definition) is 12. The van der Waals surface area contributed by atoms with Gasteiger partial charge in [-0.3, -0.25) is 23.9 Å². The number of pyridine rings is 1. The van der Waals surface area contributed by atoms with Gasteiger partial charge in [-0.15, -0.1) is 17.9 Å². The van der Waals surface area contributed by atoms with Crippen molar-refractivity contribution in [3.8, 4) is 11.6 Å². The summed E-state index contributed by atoms with van der Waals surface area (Å²) in [6.45, 7) is 17.4. The molecule has 15 nitrogen and oxygen atoms in total. The topological polar surface area (TPSA) is 199 Å². The van der Waals surface area contributed by atoms with Gasteiger partial charge in [0.15, 0.2) is 0 Å². The van der Waals surface area contributed by atoms with Gasteiger partial charge in [-0.25, -0.2) is 18.2 Å². The summed E-state index contributed by atoms with van der Waals surface area (Å²) >= 11 is 1.30. The molecule has 3 N–H and O–H groups in total. The van der Waals surface area contributed by atoms with Crippen LogP contribution in [0.1, 0.15) is 96.3 Å². The number of amides is 4. The van der Waals surface area contributed by atoms with E-state index >= 15 is 0 Å². The SMILES string of the molecule is C=CC[C@@](C)(NC(=O)[C@@H]1C[C@@H](Oc2nccc3c(C(=O)c4cccs4)c(OCC)ccc23)CN1C(=O)[C@@H](NC(=O)OC(C)(C)C)C(C)(C)C)C(=O)NS(=O)(=O)C1CC1. The third-order valence-electron chi connectivity index (χ3n) is 9.69. The number of alkyl carbamates (subject to hydrolysis) is 1. The third kappa shape index (κ3) is 10.2. The summed E-state index contributed by atoms with van der Waals surface area (Å²) in [6, 6.07) is 6.18. The largest absolute Gasteiger partial charge is 0.493 e. The Bertz CT molecular complexity index is 2170. The number of ketones is 1. The lowest BCUT2D eigenvalue weighted by atomic mass is 9.85. The van der Waals surface area contributed by atoms with Crippen molar-refractivity contribution in [3.05, 3.63) is 65.0 Å². The van der Waals surface area contributed by atoms with Crippen LogP contribution in [-0.2, 0) is 29.1 Å². The number of rotatable bonds is 15. The van der Waals surface area contributed by atoms with E-state index in [4.69, 9.17) is 14.2 Å². The Hall–Kier alpha value is -5.03. The van der Waals surface area contributed by atoms with Crippen molar-refractivity contribution in [1.29, 1.82) is 0 Å². The summed E-state index contributed by atoms with van der Waals surface area (Å²) in [4.78, 5) is 75.7. The molecule has 0 bridgehead atoms. The molecule has 0 unspecified atom stereocenters. The summed E-state index contributed by atoms with van der Waals surface area (Å²) in [5.41, 5.74) is -3.17. The van der Waals surface area contributed by atoms with E-state index in [-0.39, 0.29) is 31.0 Å². The lowest BCUT2D eigenvalue weighted by Crippen LogP contribution is -2.62. The Labute approximate surface area is 343 Å². The molecule has 1 aliphatic carbocycles. The van der Waals surface area contributed by atoms with Crippen molar-refractivity contribution in [3.63, 3.8) is 0 Å². The van der Waals surface area contributed by atoms with Gasteiger partial charge in [0.25, 0.3) is 5.91 Å². The number of ether oxygens (including phenoxy) is 3. The van der Waals surface area contributed by atoms with Crippen LogP contribution < -0.4 is 24.8 Å².